The lowest BCUT2D eigenvalue weighted by Crippen LogP contribution is -2.36. The number of benzene rings is 2. The lowest BCUT2D eigenvalue weighted by atomic mass is 10.2. The standard InChI is InChI=1S/C27H42N6S2.ClH/c34-26(32-22-24-12-4-1-5-13-24)30-20-10-18-28-16-8-3-9-17-29-19-11-21-31-27(35)33-23-25-14-6-2-7-15-25;/h1-2,4-7,12-15,28-29H,3,8-11,16-23H2,(H2,30,32,34)(H2,31,33,35);1H. The largest absolute Gasteiger partial charge is 0.363 e. The van der Waals surface area contributed by atoms with Gasteiger partial charge < -0.3 is 31.9 Å². The molecule has 9 heteroatoms. The van der Waals surface area contributed by atoms with Crippen LogP contribution in [0.15, 0.2) is 60.7 Å². The van der Waals surface area contributed by atoms with Crippen molar-refractivity contribution in [2.24, 2.45) is 0 Å². The highest BCUT2D eigenvalue weighted by Gasteiger charge is 1.98. The minimum atomic E-state index is 0. The SMILES string of the molecule is Cl.S=C(NCCCNCCCCCNCCCNC(=S)NCc1ccccc1)NCc1ccccc1. The first-order valence-corrected chi connectivity index (χ1v) is 13.6. The molecule has 0 aromatic heterocycles. The van der Waals surface area contributed by atoms with Crippen molar-refractivity contribution in [2.75, 3.05) is 39.3 Å². The van der Waals surface area contributed by atoms with E-state index < -0.39 is 0 Å². The first kappa shape index (κ1) is 32.1. The smallest absolute Gasteiger partial charge is 0.166 e. The molecule has 0 saturated heterocycles. The number of unbranched alkanes of at least 4 members (excludes halogenated alkanes) is 2. The first-order chi connectivity index (χ1) is 17.2. The van der Waals surface area contributed by atoms with Gasteiger partial charge in [-0.15, -0.1) is 12.4 Å². The molecule has 6 nitrogen and oxygen atoms in total. The zero-order chi connectivity index (χ0) is 24.8. The van der Waals surface area contributed by atoms with Gasteiger partial charge >= 0.3 is 0 Å². The Morgan fingerprint density at radius 2 is 0.861 bits per heavy atom. The average molecular weight is 551 g/mol. The van der Waals surface area contributed by atoms with E-state index in [4.69, 9.17) is 24.4 Å². The fraction of sp³-hybridized carbons (Fsp3) is 0.481. The maximum atomic E-state index is 5.32. The molecule has 0 saturated carbocycles. The van der Waals surface area contributed by atoms with E-state index in [0.717, 1.165) is 75.4 Å². The van der Waals surface area contributed by atoms with E-state index in [2.05, 4.69) is 56.2 Å². The Hall–Kier alpha value is -1.97. The number of hydrogen-bond donors (Lipinski definition) is 6. The highest BCUT2D eigenvalue weighted by atomic mass is 35.5. The monoisotopic (exact) mass is 550 g/mol. The summed E-state index contributed by atoms with van der Waals surface area (Å²) in [6.45, 7) is 7.49. The predicted octanol–water partition coefficient (Wildman–Crippen LogP) is 3.87. The summed E-state index contributed by atoms with van der Waals surface area (Å²) in [6.07, 6.45) is 5.81. The summed E-state index contributed by atoms with van der Waals surface area (Å²) in [5, 5.41) is 21.5. The van der Waals surface area contributed by atoms with Crippen LogP contribution in [0, 0.1) is 0 Å². The average Bonchev–Trinajstić information content (AvgIpc) is 2.89. The first-order valence-electron chi connectivity index (χ1n) is 12.8. The van der Waals surface area contributed by atoms with E-state index in [1.165, 1.54) is 30.4 Å². The van der Waals surface area contributed by atoms with Crippen molar-refractivity contribution in [3.63, 3.8) is 0 Å². The molecule has 0 aliphatic heterocycles. The van der Waals surface area contributed by atoms with Crippen molar-refractivity contribution in [2.45, 2.75) is 45.2 Å². The summed E-state index contributed by atoms with van der Waals surface area (Å²) >= 11 is 10.6. The Morgan fingerprint density at radius 3 is 1.28 bits per heavy atom. The molecule has 36 heavy (non-hydrogen) atoms. The quantitative estimate of drug-likeness (QED) is 0.123. The Balaban J connectivity index is 0.00000648. The molecule has 6 N–H and O–H groups in total. The molecule has 2 rings (SSSR count). The van der Waals surface area contributed by atoms with Gasteiger partial charge in [0.05, 0.1) is 0 Å². The van der Waals surface area contributed by atoms with E-state index in [0.29, 0.717) is 0 Å². The summed E-state index contributed by atoms with van der Waals surface area (Å²) in [6, 6.07) is 20.6. The van der Waals surface area contributed by atoms with Crippen LogP contribution < -0.4 is 31.9 Å². The van der Waals surface area contributed by atoms with Gasteiger partial charge in [-0.05, 0) is 87.4 Å². The minimum absolute atomic E-state index is 0. The van der Waals surface area contributed by atoms with E-state index in [-0.39, 0.29) is 12.4 Å². The van der Waals surface area contributed by atoms with Crippen LogP contribution in [0.1, 0.15) is 43.2 Å². The normalized spacial score (nSPS) is 10.2. The lowest BCUT2D eigenvalue weighted by molar-refractivity contribution is 0.557. The predicted molar refractivity (Wildman–Crippen MR) is 164 cm³/mol. The molecule has 2 aromatic rings. The molecule has 0 amide bonds. The molecule has 0 radical (unpaired) electrons. The van der Waals surface area contributed by atoms with E-state index >= 15 is 0 Å². The molecule has 0 aliphatic rings. The van der Waals surface area contributed by atoms with Crippen LogP contribution in [0.4, 0.5) is 0 Å². The van der Waals surface area contributed by atoms with Crippen LogP contribution in [0.2, 0.25) is 0 Å². The van der Waals surface area contributed by atoms with Crippen LogP contribution in [0.25, 0.3) is 0 Å². The van der Waals surface area contributed by atoms with Crippen molar-refractivity contribution in [1.82, 2.24) is 31.9 Å². The molecular formula is C27H43ClN6S2. The highest BCUT2D eigenvalue weighted by Crippen LogP contribution is 1.98. The fourth-order valence-corrected chi connectivity index (χ4v) is 3.79. The van der Waals surface area contributed by atoms with E-state index in [1.807, 2.05) is 36.4 Å². The Bertz CT molecular complexity index is 743. The highest BCUT2D eigenvalue weighted by molar-refractivity contribution is 7.80. The topological polar surface area (TPSA) is 72.2 Å². The number of halogens is 1. The minimum Gasteiger partial charge on any atom is -0.363 e. The van der Waals surface area contributed by atoms with Crippen molar-refractivity contribution >= 4 is 47.1 Å². The zero-order valence-corrected chi connectivity index (χ0v) is 23.6. The zero-order valence-electron chi connectivity index (χ0n) is 21.2. The summed E-state index contributed by atoms with van der Waals surface area (Å²) in [5.74, 6) is 0. The molecule has 0 bridgehead atoms. The molecule has 200 valence electrons. The van der Waals surface area contributed by atoms with Gasteiger partial charge in [-0.1, -0.05) is 67.1 Å². The third-order valence-electron chi connectivity index (χ3n) is 5.43. The molecule has 0 aliphatic carbocycles. The lowest BCUT2D eigenvalue weighted by Gasteiger charge is -2.11. The third kappa shape index (κ3) is 17.5. The van der Waals surface area contributed by atoms with Gasteiger partial charge in [0.1, 0.15) is 0 Å². The molecule has 0 fully saturated rings. The second-order valence-electron chi connectivity index (χ2n) is 8.46. The van der Waals surface area contributed by atoms with Crippen molar-refractivity contribution in [3.05, 3.63) is 71.8 Å². The molecule has 2 aromatic carbocycles. The number of hydrogen-bond acceptors (Lipinski definition) is 4. The Kier molecular flexibility index (Phi) is 19.8. The van der Waals surface area contributed by atoms with Gasteiger partial charge in [0.15, 0.2) is 10.2 Å². The Morgan fingerprint density at radius 1 is 0.472 bits per heavy atom. The second kappa shape index (κ2) is 22.2. The summed E-state index contributed by atoms with van der Waals surface area (Å²) in [5.41, 5.74) is 2.47. The van der Waals surface area contributed by atoms with Crippen LogP contribution in [0.5, 0.6) is 0 Å². The number of rotatable bonds is 18. The Labute approximate surface area is 234 Å². The van der Waals surface area contributed by atoms with Gasteiger partial charge in [0, 0.05) is 26.2 Å². The summed E-state index contributed by atoms with van der Waals surface area (Å²) in [7, 11) is 0. The van der Waals surface area contributed by atoms with E-state index in [9.17, 15) is 0 Å². The molecule has 0 unspecified atom stereocenters. The molecule has 0 spiro atoms. The summed E-state index contributed by atoms with van der Waals surface area (Å²) < 4.78 is 0. The van der Waals surface area contributed by atoms with Gasteiger partial charge in [-0.2, -0.15) is 0 Å². The maximum absolute atomic E-state index is 5.32. The number of thiocarbonyl (C=S) groups is 2. The fourth-order valence-electron chi connectivity index (χ4n) is 3.44. The van der Waals surface area contributed by atoms with Gasteiger partial charge in [-0.3, -0.25) is 0 Å². The van der Waals surface area contributed by atoms with Gasteiger partial charge in [-0.25, -0.2) is 0 Å². The second-order valence-corrected chi connectivity index (χ2v) is 9.27. The summed E-state index contributed by atoms with van der Waals surface area (Å²) in [4.78, 5) is 0. The molecule has 0 atom stereocenters. The van der Waals surface area contributed by atoms with Crippen molar-refractivity contribution < 1.29 is 0 Å². The van der Waals surface area contributed by atoms with Crippen molar-refractivity contribution in [3.8, 4) is 0 Å². The van der Waals surface area contributed by atoms with Crippen LogP contribution in [0.3, 0.4) is 0 Å². The number of nitrogens with one attached hydrogen (secondary N) is 6. The van der Waals surface area contributed by atoms with Crippen LogP contribution >= 0.6 is 36.8 Å². The molecule has 0 heterocycles. The van der Waals surface area contributed by atoms with Crippen LogP contribution in [-0.2, 0) is 13.1 Å². The van der Waals surface area contributed by atoms with Gasteiger partial charge in [0.2, 0.25) is 0 Å². The molecular weight excluding hydrogens is 508 g/mol. The van der Waals surface area contributed by atoms with Crippen molar-refractivity contribution in [1.29, 1.82) is 0 Å². The maximum Gasteiger partial charge on any atom is 0.166 e. The van der Waals surface area contributed by atoms with E-state index in [1.54, 1.807) is 0 Å². The van der Waals surface area contributed by atoms with Crippen LogP contribution in [-0.4, -0.2) is 49.5 Å². The third-order valence-corrected chi connectivity index (χ3v) is 6.01. The van der Waals surface area contributed by atoms with Gasteiger partial charge in [0.25, 0.3) is 0 Å².